The molecule has 0 unspecified atom stereocenters. The standard InChI is InChI=1S/C6H11NO5.Ni.2H2O/c8-2-1-7(3-5(9)10)4-6(11)12;;;/h8H,1-4H2,(H,9,10)(H,11,12);;2*1H2/p+2. The van der Waals surface area contributed by atoms with Crippen LogP contribution >= 0.6 is 0 Å². The number of carbonyl (C=O) groups is 2. The molecule has 9 N–H and O–H groups in total. The molecule has 0 aromatic rings. The molecule has 15 heavy (non-hydrogen) atoms. The van der Waals surface area contributed by atoms with Gasteiger partial charge >= 0.3 is 11.9 Å². The molecular weight excluding hydrogens is 257 g/mol. The second-order valence-electron chi connectivity index (χ2n) is 2.22. The van der Waals surface area contributed by atoms with Crippen LogP contribution in [-0.4, -0.2) is 58.4 Å². The van der Waals surface area contributed by atoms with Gasteiger partial charge in [-0.2, -0.15) is 0 Å². The average Bonchev–Trinajstić information content (AvgIpc) is 1.84. The summed E-state index contributed by atoms with van der Waals surface area (Å²) in [6.45, 7) is -0.932. The predicted octanol–water partition coefficient (Wildman–Crippen LogP) is -3.40. The van der Waals surface area contributed by atoms with Crippen LogP contribution in [0.4, 0.5) is 0 Å². The van der Waals surface area contributed by atoms with E-state index in [1.54, 1.807) is 0 Å². The van der Waals surface area contributed by atoms with Gasteiger partial charge in [0.05, 0.1) is 19.7 Å². The summed E-state index contributed by atoms with van der Waals surface area (Å²) >= 11 is 0. The summed E-state index contributed by atoms with van der Waals surface area (Å²) in [5.74, 6) is -2.21. The smallest absolute Gasteiger partial charge is 0.317 e. The van der Waals surface area contributed by atoms with Gasteiger partial charge in [0.15, 0.2) is 0 Å². The van der Waals surface area contributed by atoms with Crippen molar-refractivity contribution in [1.29, 1.82) is 0 Å². The van der Waals surface area contributed by atoms with Crippen molar-refractivity contribution in [1.82, 2.24) is 4.90 Å². The van der Waals surface area contributed by atoms with Crippen molar-refractivity contribution in [3.05, 3.63) is 0 Å². The monoisotopic (exact) mass is 273 g/mol. The van der Waals surface area contributed by atoms with Gasteiger partial charge in [0, 0.05) is 23.0 Å². The second-order valence-corrected chi connectivity index (χ2v) is 2.22. The van der Waals surface area contributed by atoms with Gasteiger partial charge in [-0.25, -0.2) is 0 Å². The summed E-state index contributed by atoms with van der Waals surface area (Å²) in [6.07, 6.45) is 0. The molecule has 9 heteroatoms. The molecule has 0 bridgehead atoms. The van der Waals surface area contributed by atoms with E-state index in [0.29, 0.717) is 0 Å². The van der Waals surface area contributed by atoms with Gasteiger partial charge in [0.2, 0.25) is 0 Å². The van der Waals surface area contributed by atoms with E-state index in [4.69, 9.17) is 15.3 Å². The van der Waals surface area contributed by atoms with Crippen molar-refractivity contribution in [2.24, 2.45) is 0 Å². The molecule has 0 rings (SSSR count). The Labute approximate surface area is 96.0 Å². The minimum atomic E-state index is -1.11. The number of hydrogen-bond acceptors (Lipinski definition) is 4. The maximum atomic E-state index is 10.1. The summed E-state index contributed by atoms with van der Waals surface area (Å²) in [5.41, 5.74) is 0. The van der Waals surface area contributed by atoms with E-state index in [1.807, 2.05) is 0 Å². The molecule has 0 radical (unpaired) electrons. The van der Waals surface area contributed by atoms with Crippen molar-refractivity contribution in [2.45, 2.75) is 0 Å². The zero-order valence-electron chi connectivity index (χ0n) is 7.90. The number of aliphatic hydroxyl groups excluding tert-OH is 1. The Hall–Kier alpha value is -0.726. The third-order valence-electron chi connectivity index (χ3n) is 1.13. The molecule has 96 valence electrons. The topological polar surface area (TPSA) is 164 Å². The summed E-state index contributed by atoms with van der Waals surface area (Å²) in [5, 5.41) is 25.0. The van der Waals surface area contributed by atoms with E-state index < -0.39 is 11.9 Å². The van der Waals surface area contributed by atoms with Crippen LogP contribution in [-0.2, 0) is 37.0 Å². The first-order chi connectivity index (χ1) is 5.56. The minimum absolute atomic E-state index is 0. The Morgan fingerprint density at radius 1 is 1.00 bits per heavy atom. The number of aliphatic carboxylic acids is 2. The van der Waals surface area contributed by atoms with Crippen LogP contribution in [0.3, 0.4) is 0 Å². The number of carboxylic acid groups (broad SMARTS) is 2. The Morgan fingerprint density at radius 3 is 1.53 bits per heavy atom. The molecule has 0 aromatic carbocycles. The maximum absolute atomic E-state index is 10.1. The van der Waals surface area contributed by atoms with Gasteiger partial charge in [0.1, 0.15) is 0 Å². The molecule has 0 saturated carbocycles. The largest absolute Gasteiger partial charge is 0.480 e. The number of hydrogen-bond donors (Lipinski definition) is 3. The third kappa shape index (κ3) is 16.0. The first-order valence-corrected chi connectivity index (χ1v) is 3.33. The zero-order chi connectivity index (χ0) is 9.56. The van der Waals surface area contributed by atoms with Crippen molar-refractivity contribution in [3.63, 3.8) is 0 Å². The minimum Gasteiger partial charge on any atom is -0.480 e. The fourth-order valence-electron chi connectivity index (χ4n) is 0.738. The molecule has 0 heterocycles. The zero-order valence-corrected chi connectivity index (χ0v) is 8.89. The molecule has 0 atom stereocenters. The molecule has 0 spiro atoms. The van der Waals surface area contributed by atoms with Gasteiger partial charge in [-0.15, -0.1) is 0 Å². The maximum Gasteiger partial charge on any atom is 0.317 e. The predicted molar refractivity (Wildman–Crippen MR) is 48.5 cm³/mol. The Bertz CT molecular complexity index is 161. The van der Waals surface area contributed by atoms with Crippen molar-refractivity contribution >= 4 is 11.9 Å². The fourth-order valence-corrected chi connectivity index (χ4v) is 0.738. The van der Waals surface area contributed by atoms with Gasteiger partial charge in [0.25, 0.3) is 0 Å². The van der Waals surface area contributed by atoms with E-state index in [2.05, 4.69) is 0 Å². The van der Waals surface area contributed by atoms with Gasteiger partial charge in [-0.05, 0) is 0 Å². The van der Waals surface area contributed by atoms with Gasteiger partial charge < -0.3 is 26.3 Å². The first kappa shape index (κ1) is 23.8. The van der Waals surface area contributed by atoms with Crippen LogP contribution in [0.15, 0.2) is 0 Å². The Balaban J connectivity index is -0.000000202. The molecule has 0 aliphatic carbocycles. The molecule has 8 nitrogen and oxygen atoms in total. The van der Waals surface area contributed by atoms with Crippen LogP contribution in [0.25, 0.3) is 0 Å². The average molecular weight is 274 g/mol. The van der Waals surface area contributed by atoms with Crippen LogP contribution < -0.4 is 0 Å². The van der Waals surface area contributed by atoms with Crippen molar-refractivity contribution < 1.29 is 52.4 Å². The summed E-state index contributed by atoms with van der Waals surface area (Å²) in [4.78, 5) is 21.4. The molecule has 0 aliphatic heterocycles. The summed E-state index contributed by atoms with van der Waals surface area (Å²) in [6, 6.07) is 0. The van der Waals surface area contributed by atoms with Crippen LogP contribution in [0.5, 0.6) is 0 Å². The number of nitrogens with zero attached hydrogens (tertiary/aromatic N) is 1. The number of rotatable bonds is 6. The molecule has 0 aromatic heterocycles. The van der Waals surface area contributed by atoms with E-state index in [9.17, 15) is 9.59 Å². The van der Waals surface area contributed by atoms with E-state index in [0.717, 1.165) is 4.90 Å². The first-order valence-electron chi connectivity index (χ1n) is 3.33. The quantitative estimate of drug-likeness (QED) is 0.337. The van der Waals surface area contributed by atoms with Crippen LogP contribution in [0.1, 0.15) is 0 Å². The van der Waals surface area contributed by atoms with Crippen molar-refractivity contribution in [2.75, 3.05) is 26.2 Å². The molecule has 0 saturated heterocycles. The van der Waals surface area contributed by atoms with E-state index >= 15 is 0 Å². The molecule has 0 fully saturated rings. The van der Waals surface area contributed by atoms with Crippen molar-refractivity contribution in [3.8, 4) is 0 Å². The number of carboxylic acids is 2. The van der Waals surface area contributed by atoms with Gasteiger partial charge in [-0.3, -0.25) is 14.5 Å². The van der Waals surface area contributed by atoms with E-state index in [1.165, 1.54) is 0 Å². The van der Waals surface area contributed by atoms with Crippen LogP contribution in [0.2, 0.25) is 0 Å². The summed E-state index contributed by atoms with van der Waals surface area (Å²) in [7, 11) is 0. The SMILES string of the molecule is O=C(O)CN(CCO)CC(=O)O.[Ni].[OH3+].[OH3+]. The Morgan fingerprint density at radius 2 is 1.33 bits per heavy atom. The number of aliphatic hydroxyl groups is 1. The molecule has 0 aliphatic rings. The summed E-state index contributed by atoms with van der Waals surface area (Å²) < 4.78 is 0. The fraction of sp³-hybridized carbons (Fsp3) is 0.667. The molecular formula is C6H17NNiO7+2. The Kier molecular flexibility index (Phi) is 21.1. The molecule has 0 amide bonds. The third-order valence-corrected chi connectivity index (χ3v) is 1.13. The van der Waals surface area contributed by atoms with E-state index in [-0.39, 0.29) is 53.7 Å². The van der Waals surface area contributed by atoms with Crippen LogP contribution in [0, 0.1) is 0 Å². The van der Waals surface area contributed by atoms with Gasteiger partial charge in [-0.1, -0.05) is 0 Å². The second kappa shape index (κ2) is 13.3. The normalized spacial score (nSPS) is 8.13.